The fourth-order valence-electron chi connectivity index (χ4n) is 3.13. The summed E-state index contributed by atoms with van der Waals surface area (Å²) in [6.45, 7) is 0.620. The Hall–Kier alpha value is -2.46. The van der Waals surface area contributed by atoms with Crippen LogP contribution in [0.5, 0.6) is 0 Å². The van der Waals surface area contributed by atoms with E-state index in [0.717, 1.165) is 12.8 Å². The van der Waals surface area contributed by atoms with Crippen molar-refractivity contribution in [3.63, 3.8) is 0 Å². The minimum atomic E-state index is -3.79. The van der Waals surface area contributed by atoms with E-state index in [0.29, 0.717) is 17.3 Å². The van der Waals surface area contributed by atoms with E-state index in [9.17, 15) is 18.0 Å². The molecule has 10 heteroatoms. The number of sulfonamides is 1. The van der Waals surface area contributed by atoms with Gasteiger partial charge in [0.25, 0.3) is 5.91 Å². The van der Waals surface area contributed by atoms with Crippen molar-refractivity contribution >= 4 is 39.1 Å². The first-order valence-corrected chi connectivity index (χ1v) is 11.6. The number of hydrogen-bond acceptors (Lipinski definition) is 5. The lowest BCUT2D eigenvalue weighted by atomic mass is 10.2. The zero-order valence-electron chi connectivity index (χ0n) is 17.0. The number of halogens is 1. The Balaban J connectivity index is 1.61. The lowest BCUT2D eigenvalue weighted by Gasteiger charge is -2.17. The zero-order valence-corrected chi connectivity index (χ0v) is 18.6. The van der Waals surface area contributed by atoms with Crippen molar-refractivity contribution in [1.29, 1.82) is 0 Å². The molecule has 2 N–H and O–H groups in total. The number of amides is 2. The molecule has 0 aliphatic carbocycles. The standard InChI is InChI=1S/C21H24ClN3O5S/c1-25(14-20(26)24-17-9-7-16(22)8-10-17)21(27)15-4-2-6-19(12-15)31(28,29)23-13-18-5-3-11-30-18/h2,4,6-10,12,18,23H,3,5,11,13-14H2,1H3,(H,24,26)/t18-/m0/s1. The first-order chi connectivity index (χ1) is 14.7. The molecule has 0 aromatic heterocycles. The molecular weight excluding hydrogens is 442 g/mol. The topological polar surface area (TPSA) is 105 Å². The summed E-state index contributed by atoms with van der Waals surface area (Å²) >= 11 is 5.82. The summed E-state index contributed by atoms with van der Waals surface area (Å²) < 4.78 is 33.1. The molecule has 1 atom stereocenters. The Kier molecular flexibility index (Phi) is 7.66. The second-order valence-corrected chi connectivity index (χ2v) is 9.43. The van der Waals surface area contributed by atoms with Gasteiger partial charge >= 0.3 is 0 Å². The molecule has 2 aromatic carbocycles. The number of anilines is 1. The van der Waals surface area contributed by atoms with Crippen LogP contribution in [0.25, 0.3) is 0 Å². The zero-order chi connectivity index (χ0) is 22.4. The average Bonchev–Trinajstić information content (AvgIpc) is 3.27. The van der Waals surface area contributed by atoms with E-state index >= 15 is 0 Å². The molecule has 1 aliphatic heterocycles. The third kappa shape index (κ3) is 6.51. The number of carbonyl (C=O) groups is 2. The van der Waals surface area contributed by atoms with Gasteiger partial charge in [0.05, 0.1) is 17.5 Å². The van der Waals surface area contributed by atoms with Gasteiger partial charge in [0, 0.05) is 36.5 Å². The van der Waals surface area contributed by atoms with Crippen LogP contribution in [0.1, 0.15) is 23.2 Å². The molecule has 3 rings (SSSR count). The van der Waals surface area contributed by atoms with Gasteiger partial charge < -0.3 is 15.0 Å². The van der Waals surface area contributed by atoms with Crippen molar-refractivity contribution in [3.05, 3.63) is 59.1 Å². The molecule has 0 radical (unpaired) electrons. The van der Waals surface area contributed by atoms with Crippen molar-refractivity contribution in [2.75, 3.05) is 32.1 Å². The highest BCUT2D eigenvalue weighted by molar-refractivity contribution is 7.89. The predicted molar refractivity (Wildman–Crippen MR) is 118 cm³/mol. The van der Waals surface area contributed by atoms with Crippen molar-refractivity contribution in [1.82, 2.24) is 9.62 Å². The normalized spacial score (nSPS) is 16.1. The molecular formula is C21H24ClN3O5S. The Morgan fingerprint density at radius 2 is 1.94 bits per heavy atom. The predicted octanol–water partition coefficient (Wildman–Crippen LogP) is 2.51. The Morgan fingerprint density at radius 1 is 1.19 bits per heavy atom. The largest absolute Gasteiger partial charge is 0.377 e. The van der Waals surface area contributed by atoms with E-state index in [1.54, 1.807) is 24.3 Å². The SMILES string of the molecule is CN(CC(=O)Nc1ccc(Cl)cc1)C(=O)c1cccc(S(=O)(=O)NC[C@@H]2CCCO2)c1. The summed E-state index contributed by atoms with van der Waals surface area (Å²) in [4.78, 5) is 26.1. The molecule has 0 spiro atoms. The first-order valence-electron chi connectivity index (χ1n) is 9.77. The second kappa shape index (κ2) is 10.2. The van der Waals surface area contributed by atoms with Crippen LogP contribution < -0.4 is 10.0 Å². The molecule has 1 fully saturated rings. The van der Waals surface area contributed by atoms with Gasteiger partial charge in [0.15, 0.2) is 0 Å². The summed E-state index contributed by atoms with van der Waals surface area (Å²) in [6.07, 6.45) is 1.59. The van der Waals surface area contributed by atoms with Crippen LogP contribution in [0.15, 0.2) is 53.4 Å². The third-order valence-corrected chi connectivity index (χ3v) is 6.44. The highest BCUT2D eigenvalue weighted by Gasteiger charge is 2.22. The summed E-state index contributed by atoms with van der Waals surface area (Å²) in [5, 5.41) is 3.22. The van der Waals surface area contributed by atoms with E-state index in [-0.39, 0.29) is 35.6 Å². The maximum atomic E-state index is 12.7. The van der Waals surface area contributed by atoms with Crippen molar-refractivity contribution in [3.8, 4) is 0 Å². The molecule has 0 saturated carbocycles. The quantitative estimate of drug-likeness (QED) is 0.623. The fraction of sp³-hybridized carbons (Fsp3) is 0.333. The van der Waals surface area contributed by atoms with Crippen LogP contribution in [0.4, 0.5) is 5.69 Å². The van der Waals surface area contributed by atoms with E-state index in [4.69, 9.17) is 16.3 Å². The van der Waals surface area contributed by atoms with Gasteiger partial charge in [0.2, 0.25) is 15.9 Å². The molecule has 31 heavy (non-hydrogen) atoms. The highest BCUT2D eigenvalue weighted by Crippen LogP contribution is 2.16. The maximum absolute atomic E-state index is 12.7. The molecule has 1 saturated heterocycles. The molecule has 166 valence electrons. The Bertz CT molecular complexity index is 1040. The van der Waals surface area contributed by atoms with E-state index in [1.165, 1.54) is 36.2 Å². The van der Waals surface area contributed by atoms with E-state index in [2.05, 4.69) is 10.0 Å². The number of likely N-dealkylation sites (N-methyl/N-ethyl adjacent to an activating group) is 1. The van der Waals surface area contributed by atoms with Crippen LogP contribution in [-0.2, 0) is 19.6 Å². The summed E-state index contributed by atoms with van der Waals surface area (Å²) in [7, 11) is -2.31. The van der Waals surface area contributed by atoms with Gasteiger partial charge in [-0.3, -0.25) is 9.59 Å². The number of ether oxygens (including phenoxy) is 1. The summed E-state index contributed by atoms with van der Waals surface area (Å²) in [5.74, 6) is -0.859. The molecule has 2 aromatic rings. The van der Waals surface area contributed by atoms with Crippen LogP contribution in [0.3, 0.4) is 0 Å². The molecule has 0 bridgehead atoms. The van der Waals surface area contributed by atoms with Crippen molar-refractivity contribution < 1.29 is 22.7 Å². The number of nitrogens with one attached hydrogen (secondary N) is 2. The van der Waals surface area contributed by atoms with E-state index < -0.39 is 15.9 Å². The number of benzene rings is 2. The molecule has 1 heterocycles. The first kappa shape index (κ1) is 23.2. The minimum absolute atomic E-state index is 0.0182. The number of hydrogen-bond donors (Lipinski definition) is 2. The average molecular weight is 466 g/mol. The Morgan fingerprint density at radius 3 is 2.61 bits per heavy atom. The molecule has 0 unspecified atom stereocenters. The van der Waals surface area contributed by atoms with Gasteiger partial charge in [-0.1, -0.05) is 17.7 Å². The van der Waals surface area contributed by atoms with Gasteiger partial charge in [-0.05, 0) is 55.3 Å². The van der Waals surface area contributed by atoms with Gasteiger partial charge in [-0.2, -0.15) is 0 Å². The summed E-state index contributed by atoms with van der Waals surface area (Å²) in [6, 6.07) is 12.3. The molecule has 1 aliphatic rings. The lowest BCUT2D eigenvalue weighted by molar-refractivity contribution is -0.116. The number of carbonyl (C=O) groups excluding carboxylic acids is 2. The smallest absolute Gasteiger partial charge is 0.254 e. The minimum Gasteiger partial charge on any atom is -0.377 e. The molecule has 8 nitrogen and oxygen atoms in total. The third-order valence-electron chi connectivity index (χ3n) is 4.77. The highest BCUT2D eigenvalue weighted by atomic mass is 35.5. The summed E-state index contributed by atoms with van der Waals surface area (Å²) in [5.41, 5.74) is 0.724. The van der Waals surface area contributed by atoms with Crippen LogP contribution in [0.2, 0.25) is 5.02 Å². The maximum Gasteiger partial charge on any atom is 0.254 e. The van der Waals surface area contributed by atoms with Crippen molar-refractivity contribution in [2.24, 2.45) is 0 Å². The fourth-order valence-corrected chi connectivity index (χ4v) is 4.37. The Labute approximate surface area is 186 Å². The van der Waals surface area contributed by atoms with Gasteiger partial charge in [-0.15, -0.1) is 0 Å². The van der Waals surface area contributed by atoms with Crippen LogP contribution >= 0.6 is 11.6 Å². The lowest BCUT2D eigenvalue weighted by Crippen LogP contribution is -2.35. The van der Waals surface area contributed by atoms with Gasteiger partial charge in [0.1, 0.15) is 0 Å². The molecule has 2 amide bonds. The number of rotatable bonds is 8. The monoisotopic (exact) mass is 465 g/mol. The van der Waals surface area contributed by atoms with Crippen LogP contribution in [0, 0.1) is 0 Å². The van der Waals surface area contributed by atoms with Crippen LogP contribution in [-0.4, -0.2) is 58.0 Å². The number of nitrogens with zero attached hydrogens (tertiary/aromatic N) is 1. The second-order valence-electron chi connectivity index (χ2n) is 7.23. The van der Waals surface area contributed by atoms with Gasteiger partial charge in [-0.25, -0.2) is 13.1 Å². The van der Waals surface area contributed by atoms with Crippen molar-refractivity contribution in [2.45, 2.75) is 23.8 Å². The van der Waals surface area contributed by atoms with E-state index in [1.807, 2.05) is 0 Å².